The molecule has 3 aliphatic rings. The van der Waals surface area contributed by atoms with E-state index in [9.17, 15) is 18.8 Å². The van der Waals surface area contributed by atoms with Gasteiger partial charge in [0.15, 0.2) is 0 Å². The maximum absolute atomic E-state index is 14.8. The average molecular weight is 406 g/mol. The smallest absolute Gasteiger partial charge is 0.414 e. The number of carbonyl (C=O) groups excluding carboxylic acids is 3. The van der Waals surface area contributed by atoms with Crippen LogP contribution in [-0.4, -0.2) is 75.0 Å². The predicted octanol–water partition coefficient (Wildman–Crippen LogP) is 1.17. The van der Waals surface area contributed by atoms with Crippen molar-refractivity contribution in [2.45, 2.75) is 19.1 Å². The van der Waals surface area contributed by atoms with Gasteiger partial charge in [0, 0.05) is 32.5 Å². The summed E-state index contributed by atoms with van der Waals surface area (Å²) < 4.78 is 24.8. The summed E-state index contributed by atoms with van der Waals surface area (Å²) in [6, 6.07) is 4.71. The number of nitrogens with one attached hydrogen (secondary N) is 1. The molecule has 0 aliphatic carbocycles. The van der Waals surface area contributed by atoms with Crippen molar-refractivity contribution in [1.82, 2.24) is 10.2 Å². The highest BCUT2D eigenvalue weighted by Crippen LogP contribution is 2.39. The molecular weight excluding hydrogens is 383 g/mol. The van der Waals surface area contributed by atoms with Gasteiger partial charge in [0.1, 0.15) is 11.9 Å². The average Bonchev–Trinajstić information content (AvgIpc) is 3.21. The number of methoxy groups -OCH3 is 1. The first-order chi connectivity index (χ1) is 13.9. The predicted molar refractivity (Wildman–Crippen MR) is 101 cm³/mol. The molecule has 0 aromatic heterocycles. The van der Waals surface area contributed by atoms with Gasteiger partial charge in [-0.3, -0.25) is 9.69 Å². The van der Waals surface area contributed by atoms with Crippen molar-refractivity contribution in [3.63, 3.8) is 0 Å². The molecule has 0 bridgehead atoms. The van der Waals surface area contributed by atoms with E-state index >= 15 is 0 Å². The van der Waals surface area contributed by atoms with Gasteiger partial charge in [-0.15, -0.1) is 0 Å². The van der Waals surface area contributed by atoms with Crippen molar-refractivity contribution in [1.29, 1.82) is 0 Å². The Balaban J connectivity index is 1.42. The van der Waals surface area contributed by atoms with Crippen LogP contribution in [0, 0.1) is 11.7 Å². The number of carbonyl (C=O) groups is 3. The van der Waals surface area contributed by atoms with E-state index in [-0.39, 0.29) is 31.1 Å². The number of ether oxygens (including phenoxy) is 2. The fourth-order valence-corrected chi connectivity index (χ4v) is 4.18. The number of fused-ring (bicyclic) bond motifs is 1. The molecule has 3 saturated heterocycles. The third-order valence-electron chi connectivity index (χ3n) is 5.68. The summed E-state index contributed by atoms with van der Waals surface area (Å²) in [7, 11) is 1.35. The standard InChI is InChI=1S/C19H23FN4O5/c1-11(25)21-6-14-9-23(19(27)29-14)13-3-4-16(15(20)5-13)24-8-12-7-22(10-17(12)24)18(26)28-2/h3-5,12,14,17H,6-10H2,1-2H3,(H,21,25)/t12-,14-,17-/m0/s1. The molecule has 0 spiro atoms. The number of nitrogens with zero attached hydrogens (tertiary/aromatic N) is 3. The molecule has 3 amide bonds. The van der Waals surface area contributed by atoms with Crippen molar-refractivity contribution in [3.05, 3.63) is 24.0 Å². The van der Waals surface area contributed by atoms with Crippen molar-refractivity contribution in [2.24, 2.45) is 5.92 Å². The molecular formula is C19H23FN4O5. The normalized spacial score (nSPS) is 25.4. The summed E-state index contributed by atoms with van der Waals surface area (Å²) in [5.74, 6) is -0.340. The van der Waals surface area contributed by atoms with Crippen molar-refractivity contribution in [3.8, 4) is 0 Å². The van der Waals surface area contributed by atoms with Crippen LogP contribution >= 0.6 is 0 Å². The van der Waals surface area contributed by atoms with Gasteiger partial charge in [0.25, 0.3) is 0 Å². The second kappa shape index (κ2) is 7.41. The molecule has 3 heterocycles. The maximum atomic E-state index is 14.8. The number of hydrogen-bond donors (Lipinski definition) is 1. The third-order valence-corrected chi connectivity index (χ3v) is 5.68. The molecule has 1 N–H and O–H groups in total. The monoisotopic (exact) mass is 406 g/mol. The molecule has 3 atom stereocenters. The zero-order valence-electron chi connectivity index (χ0n) is 16.3. The number of amides is 3. The highest BCUT2D eigenvalue weighted by molar-refractivity contribution is 5.90. The van der Waals surface area contributed by atoms with Crippen LogP contribution < -0.4 is 15.1 Å². The zero-order chi connectivity index (χ0) is 20.7. The Hall–Kier alpha value is -3.04. The van der Waals surface area contributed by atoms with Crippen LogP contribution in [0.2, 0.25) is 0 Å². The summed E-state index contributed by atoms with van der Waals surface area (Å²) >= 11 is 0. The SMILES string of the molecule is COC(=O)N1C[C@H]2CN(c3ccc(N4C[C@H](CNC(C)=O)OC4=O)cc3F)[C@H]2C1. The lowest BCUT2D eigenvalue weighted by Gasteiger charge is -2.45. The van der Waals surface area contributed by atoms with E-state index in [1.165, 1.54) is 25.0 Å². The summed E-state index contributed by atoms with van der Waals surface area (Å²) in [6.07, 6.45) is -1.41. The molecule has 3 aliphatic heterocycles. The lowest BCUT2D eigenvalue weighted by Crippen LogP contribution is -2.56. The van der Waals surface area contributed by atoms with Gasteiger partial charge >= 0.3 is 12.2 Å². The number of benzene rings is 1. The first-order valence-corrected chi connectivity index (χ1v) is 9.49. The number of cyclic esters (lactones) is 1. The molecule has 1 aromatic carbocycles. The maximum Gasteiger partial charge on any atom is 0.414 e. The van der Waals surface area contributed by atoms with Crippen LogP contribution in [0.3, 0.4) is 0 Å². The van der Waals surface area contributed by atoms with E-state index in [2.05, 4.69) is 5.32 Å². The van der Waals surface area contributed by atoms with Crippen LogP contribution in [0.5, 0.6) is 0 Å². The van der Waals surface area contributed by atoms with E-state index in [0.717, 1.165) is 0 Å². The topological polar surface area (TPSA) is 91.4 Å². The number of halogens is 1. The zero-order valence-corrected chi connectivity index (χ0v) is 16.3. The Morgan fingerprint density at radius 3 is 2.76 bits per heavy atom. The highest BCUT2D eigenvalue weighted by atomic mass is 19.1. The number of rotatable bonds is 4. The molecule has 10 heteroatoms. The van der Waals surface area contributed by atoms with E-state index < -0.39 is 18.0 Å². The minimum Gasteiger partial charge on any atom is -0.453 e. The Kier molecular flexibility index (Phi) is 4.93. The number of anilines is 2. The molecule has 29 heavy (non-hydrogen) atoms. The van der Waals surface area contributed by atoms with Gasteiger partial charge in [-0.2, -0.15) is 0 Å². The van der Waals surface area contributed by atoms with Crippen molar-refractivity contribution in [2.75, 3.05) is 49.6 Å². The van der Waals surface area contributed by atoms with Crippen LogP contribution in [-0.2, 0) is 14.3 Å². The summed E-state index contributed by atoms with van der Waals surface area (Å²) in [5, 5.41) is 2.61. The largest absolute Gasteiger partial charge is 0.453 e. The second-order valence-electron chi connectivity index (χ2n) is 7.54. The van der Waals surface area contributed by atoms with Gasteiger partial charge in [-0.05, 0) is 18.2 Å². The van der Waals surface area contributed by atoms with Crippen molar-refractivity contribution >= 4 is 29.5 Å². The molecule has 0 unspecified atom stereocenters. The Morgan fingerprint density at radius 2 is 2.07 bits per heavy atom. The minimum absolute atomic E-state index is 0.0632. The quantitative estimate of drug-likeness (QED) is 0.807. The molecule has 156 valence electrons. The molecule has 0 saturated carbocycles. The van der Waals surface area contributed by atoms with E-state index in [1.54, 1.807) is 17.0 Å². The first kappa shape index (κ1) is 19.3. The number of likely N-dealkylation sites (tertiary alicyclic amines) is 1. The second-order valence-corrected chi connectivity index (χ2v) is 7.54. The Bertz CT molecular complexity index is 850. The fraction of sp³-hybridized carbons (Fsp3) is 0.526. The van der Waals surface area contributed by atoms with Crippen LogP contribution in [0.4, 0.5) is 25.4 Å². The van der Waals surface area contributed by atoms with Crippen molar-refractivity contribution < 1.29 is 28.2 Å². The van der Waals surface area contributed by atoms with Crippen LogP contribution in [0.15, 0.2) is 18.2 Å². The number of hydrogen-bond acceptors (Lipinski definition) is 6. The van der Waals surface area contributed by atoms with E-state index in [4.69, 9.17) is 9.47 Å². The molecule has 3 fully saturated rings. The van der Waals surface area contributed by atoms with Crippen LogP contribution in [0.25, 0.3) is 0 Å². The lowest BCUT2D eigenvalue weighted by molar-refractivity contribution is -0.119. The van der Waals surface area contributed by atoms with Gasteiger partial charge < -0.3 is 24.6 Å². The molecule has 0 radical (unpaired) electrons. The van der Waals surface area contributed by atoms with E-state index in [0.29, 0.717) is 36.9 Å². The van der Waals surface area contributed by atoms with Gasteiger partial charge in [-0.25, -0.2) is 14.0 Å². The van der Waals surface area contributed by atoms with E-state index in [1.807, 2.05) is 4.90 Å². The molecule has 9 nitrogen and oxygen atoms in total. The van der Waals surface area contributed by atoms with Gasteiger partial charge in [-0.1, -0.05) is 0 Å². The molecule has 4 rings (SSSR count). The summed E-state index contributed by atoms with van der Waals surface area (Å²) in [4.78, 5) is 39.8. The van der Waals surface area contributed by atoms with Gasteiger partial charge in [0.2, 0.25) is 5.91 Å². The Labute approximate surface area is 167 Å². The first-order valence-electron chi connectivity index (χ1n) is 9.49. The Morgan fingerprint density at radius 1 is 1.28 bits per heavy atom. The van der Waals surface area contributed by atoms with Gasteiger partial charge in [0.05, 0.1) is 37.6 Å². The fourth-order valence-electron chi connectivity index (χ4n) is 4.18. The lowest BCUT2D eigenvalue weighted by atomic mass is 9.91. The highest BCUT2D eigenvalue weighted by Gasteiger charge is 2.48. The minimum atomic E-state index is -0.568. The van der Waals surface area contributed by atoms with Crippen LogP contribution in [0.1, 0.15) is 6.92 Å². The summed E-state index contributed by atoms with van der Waals surface area (Å²) in [5.41, 5.74) is 0.852. The molecule has 1 aromatic rings. The third kappa shape index (κ3) is 3.54. The summed E-state index contributed by atoms with van der Waals surface area (Å²) in [6.45, 7) is 3.62.